The molecule has 3 aromatic rings. The van der Waals surface area contributed by atoms with Crippen LogP contribution in [0.3, 0.4) is 0 Å². The number of nitrogens with one attached hydrogen (secondary N) is 1. The Hall–Kier alpha value is -3.08. The molecule has 5 heteroatoms. The summed E-state index contributed by atoms with van der Waals surface area (Å²) in [7, 11) is 0. The average molecular weight is 307 g/mol. The fourth-order valence-corrected chi connectivity index (χ4v) is 2.51. The zero-order chi connectivity index (χ0) is 16.2. The zero-order valence-corrected chi connectivity index (χ0v) is 12.7. The summed E-state index contributed by atoms with van der Waals surface area (Å²) < 4.78 is 0. The molecule has 3 rings (SSSR count). The minimum atomic E-state index is -1.08. The van der Waals surface area contributed by atoms with E-state index in [1.54, 1.807) is 0 Å². The summed E-state index contributed by atoms with van der Waals surface area (Å²) in [6.07, 6.45) is 0.777. The Labute approximate surface area is 133 Å². The molecule has 0 saturated carbocycles. The topological polar surface area (TPSA) is 68.7 Å². The lowest BCUT2D eigenvalue weighted by Crippen LogP contribution is -2.24. The van der Waals surface area contributed by atoms with Crippen LogP contribution < -0.4 is 0 Å². The first-order valence-corrected chi connectivity index (χ1v) is 7.31. The molecule has 0 aliphatic heterocycles. The number of hydrazone groups is 1. The molecular formula is C18H17N3O2. The van der Waals surface area contributed by atoms with Crippen molar-refractivity contribution >= 4 is 22.7 Å². The number of aromatic amines is 1. The summed E-state index contributed by atoms with van der Waals surface area (Å²) in [5.41, 5.74) is 3.45. The Morgan fingerprint density at radius 1 is 1.13 bits per heavy atom. The fraction of sp³-hybridized carbons (Fsp3) is 0.111. The van der Waals surface area contributed by atoms with Crippen LogP contribution in [-0.2, 0) is 6.54 Å². The Balaban J connectivity index is 1.91. The third-order valence-corrected chi connectivity index (χ3v) is 3.65. The number of carbonyl (C=O) groups is 1. The van der Waals surface area contributed by atoms with Gasteiger partial charge in [-0.25, -0.2) is 4.79 Å². The van der Waals surface area contributed by atoms with Gasteiger partial charge in [-0.15, -0.1) is 0 Å². The van der Waals surface area contributed by atoms with Crippen LogP contribution >= 0.6 is 0 Å². The summed E-state index contributed by atoms with van der Waals surface area (Å²) in [6, 6.07) is 17.3. The Bertz CT molecular complexity index is 853. The van der Waals surface area contributed by atoms with Gasteiger partial charge in [-0.1, -0.05) is 48.5 Å². The van der Waals surface area contributed by atoms with E-state index in [0.717, 1.165) is 27.0 Å². The summed E-state index contributed by atoms with van der Waals surface area (Å²) >= 11 is 0. The van der Waals surface area contributed by atoms with Gasteiger partial charge in [-0.3, -0.25) is 0 Å². The van der Waals surface area contributed by atoms with Crippen LogP contribution in [0.4, 0.5) is 4.79 Å². The molecule has 1 amide bonds. The van der Waals surface area contributed by atoms with Crippen molar-refractivity contribution in [3.63, 3.8) is 0 Å². The first-order valence-electron chi connectivity index (χ1n) is 7.31. The second kappa shape index (κ2) is 6.36. The van der Waals surface area contributed by atoms with E-state index in [-0.39, 0.29) is 6.54 Å². The van der Waals surface area contributed by atoms with Gasteiger partial charge in [0.05, 0.1) is 12.3 Å². The molecule has 1 heterocycles. The molecule has 1 aromatic heterocycles. The van der Waals surface area contributed by atoms with Crippen molar-refractivity contribution in [2.45, 2.75) is 13.5 Å². The van der Waals surface area contributed by atoms with Crippen LogP contribution in [-0.4, -0.2) is 26.9 Å². The van der Waals surface area contributed by atoms with Crippen molar-refractivity contribution in [3.05, 3.63) is 71.9 Å². The van der Waals surface area contributed by atoms with E-state index in [1.807, 2.05) is 67.7 Å². The molecule has 0 radical (unpaired) electrons. The maximum absolute atomic E-state index is 11.5. The lowest BCUT2D eigenvalue weighted by atomic mass is 10.1. The highest BCUT2D eigenvalue weighted by molar-refractivity contribution is 6.09. The molecule has 0 bridgehead atoms. The van der Waals surface area contributed by atoms with Crippen molar-refractivity contribution in [1.82, 2.24) is 9.99 Å². The second-order valence-corrected chi connectivity index (χ2v) is 5.26. The number of rotatable bonds is 4. The average Bonchev–Trinajstić information content (AvgIpc) is 2.99. The summed E-state index contributed by atoms with van der Waals surface area (Å²) in [6.45, 7) is 2.03. The lowest BCUT2D eigenvalue weighted by molar-refractivity contribution is 0.144. The van der Waals surface area contributed by atoms with E-state index in [0.29, 0.717) is 5.71 Å². The molecule has 0 atom stereocenters. The van der Waals surface area contributed by atoms with Crippen molar-refractivity contribution in [1.29, 1.82) is 0 Å². The number of nitrogens with zero attached hydrogens (tertiary/aromatic N) is 2. The number of hydrogen-bond donors (Lipinski definition) is 2. The lowest BCUT2D eigenvalue weighted by Gasteiger charge is -2.14. The van der Waals surface area contributed by atoms with E-state index in [2.05, 4.69) is 10.1 Å². The predicted molar refractivity (Wildman–Crippen MR) is 90.5 cm³/mol. The summed E-state index contributed by atoms with van der Waals surface area (Å²) in [5, 5.41) is 15.8. The fourth-order valence-electron chi connectivity index (χ4n) is 2.51. The molecule has 23 heavy (non-hydrogen) atoms. The Morgan fingerprint density at radius 2 is 1.83 bits per heavy atom. The minimum Gasteiger partial charge on any atom is -0.464 e. The molecule has 5 nitrogen and oxygen atoms in total. The van der Waals surface area contributed by atoms with Gasteiger partial charge in [0, 0.05) is 22.7 Å². The number of amides is 1. The SMILES string of the molecule is CC(=NN(Cc1ccccc1)C(=O)O)c1c[nH]c2ccccc12. The van der Waals surface area contributed by atoms with E-state index in [4.69, 9.17) is 0 Å². The van der Waals surface area contributed by atoms with Crippen molar-refractivity contribution in [2.24, 2.45) is 5.10 Å². The number of fused-ring (bicyclic) bond motifs is 1. The third-order valence-electron chi connectivity index (χ3n) is 3.65. The first-order chi connectivity index (χ1) is 11.1. The van der Waals surface area contributed by atoms with Crippen molar-refractivity contribution in [3.8, 4) is 0 Å². The van der Waals surface area contributed by atoms with Gasteiger partial charge in [0.2, 0.25) is 0 Å². The van der Waals surface area contributed by atoms with Gasteiger partial charge in [0.25, 0.3) is 0 Å². The summed E-state index contributed by atoms with van der Waals surface area (Å²) in [5.74, 6) is 0. The normalized spacial score (nSPS) is 11.6. The van der Waals surface area contributed by atoms with Crippen LogP contribution in [0, 0.1) is 0 Å². The molecule has 0 unspecified atom stereocenters. The highest BCUT2D eigenvalue weighted by atomic mass is 16.4. The van der Waals surface area contributed by atoms with Crippen molar-refractivity contribution < 1.29 is 9.90 Å². The van der Waals surface area contributed by atoms with Gasteiger partial charge in [-0.05, 0) is 18.6 Å². The van der Waals surface area contributed by atoms with Crippen molar-refractivity contribution in [2.75, 3.05) is 0 Å². The quantitative estimate of drug-likeness (QED) is 0.563. The van der Waals surface area contributed by atoms with Gasteiger partial charge in [0.15, 0.2) is 0 Å². The van der Waals surface area contributed by atoms with Crippen LogP contribution in [0.5, 0.6) is 0 Å². The van der Waals surface area contributed by atoms with Crippen LogP contribution in [0.25, 0.3) is 10.9 Å². The van der Waals surface area contributed by atoms with Gasteiger partial charge < -0.3 is 10.1 Å². The smallest absolute Gasteiger partial charge is 0.428 e. The van der Waals surface area contributed by atoms with Crippen LogP contribution in [0.2, 0.25) is 0 Å². The molecular weight excluding hydrogens is 290 g/mol. The van der Waals surface area contributed by atoms with Gasteiger partial charge in [0.1, 0.15) is 0 Å². The van der Waals surface area contributed by atoms with E-state index in [9.17, 15) is 9.90 Å². The highest BCUT2D eigenvalue weighted by Gasteiger charge is 2.13. The molecule has 116 valence electrons. The maximum atomic E-state index is 11.5. The minimum absolute atomic E-state index is 0.218. The van der Waals surface area contributed by atoms with E-state index >= 15 is 0 Å². The third kappa shape index (κ3) is 3.23. The standard InChI is InChI=1S/C18H17N3O2/c1-13(16-11-19-17-10-6-5-9-15(16)17)20-21(18(22)23)12-14-7-3-2-4-8-14/h2-11,19H,12H2,1H3,(H,22,23). The number of para-hydroxylation sites is 1. The van der Waals surface area contributed by atoms with Gasteiger partial charge >= 0.3 is 6.09 Å². The zero-order valence-electron chi connectivity index (χ0n) is 12.7. The molecule has 0 saturated heterocycles. The number of carboxylic acid groups (broad SMARTS) is 1. The molecule has 2 N–H and O–H groups in total. The Morgan fingerprint density at radius 3 is 2.57 bits per heavy atom. The predicted octanol–water partition coefficient (Wildman–Crippen LogP) is 4.07. The van der Waals surface area contributed by atoms with E-state index < -0.39 is 6.09 Å². The molecule has 0 fully saturated rings. The monoisotopic (exact) mass is 307 g/mol. The molecule has 2 aromatic carbocycles. The number of H-pyrrole nitrogens is 1. The van der Waals surface area contributed by atoms with E-state index in [1.165, 1.54) is 0 Å². The summed E-state index contributed by atoms with van der Waals surface area (Å²) in [4.78, 5) is 14.7. The second-order valence-electron chi connectivity index (χ2n) is 5.26. The Kier molecular flexibility index (Phi) is 4.10. The number of aromatic nitrogens is 1. The number of hydrogen-bond acceptors (Lipinski definition) is 2. The first kappa shape index (κ1) is 14.8. The van der Waals surface area contributed by atoms with Crippen LogP contribution in [0.1, 0.15) is 18.1 Å². The van der Waals surface area contributed by atoms with Gasteiger partial charge in [-0.2, -0.15) is 10.1 Å². The molecule has 0 aliphatic rings. The number of benzene rings is 2. The largest absolute Gasteiger partial charge is 0.464 e. The highest BCUT2D eigenvalue weighted by Crippen LogP contribution is 2.19. The van der Waals surface area contributed by atoms with Crippen LogP contribution in [0.15, 0.2) is 65.9 Å². The molecule has 0 aliphatic carbocycles. The maximum Gasteiger partial charge on any atom is 0.428 e. The molecule has 0 spiro atoms.